The topological polar surface area (TPSA) is 71.3 Å². The second-order valence-electron chi connectivity index (χ2n) is 6.31. The fraction of sp³-hybridized carbons (Fsp3) is 0.500. The number of hydrogen-bond acceptors (Lipinski definition) is 5. The Hall–Kier alpha value is -2.21. The number of likely N-dealkylation sites (tertiary alicyclic amines) is 1. The van der Waals surface area contributed by atoms with Crippen LogP contribution in [0.15, 0.2) is 35.1 Å². The van der Waals surface area contributed by atoms with Gasteiger partial charge in [-0.15, -0.1) is 0 Å². The maximum atomic E-state index is 12.2. The molecule has 128 valence electrons. The largest absolute Gasteiger partial charge is 0.361 e. The van der Waals surface area contributed by atoms with Crippen LogP contribution in [-0.4, -0.2) is 40.6 Å². The third kappa shape index (κ3) is 4.41. The second kappa shape index (κ2) is 8.06. The van der Waals surface area contributed by atoms with Crippen LogP contribution < -0.4 is 5.32 Å². The molecule has 3 rings (SSSR count). The van der Waals surface area contributed by atoms with Crippen molar-refractivity contribution in [2.75, 3.05) is 19.6 Å². The van der Waals surface area contributed by atoms with Crippen molar-refractivity contribution >= 4 is 5.91 Å². The van der Waals surface area contributed by atoms with E-state index in [4.69, 9.17) is 4.52 Å². The molecule has 24 heavy (non-hydrogen) atoms. The monoisotopic (exact) mass is 328 g/mol. The molecular weight excluding hydrogens is 304 g/mol. The third-order valence-corrected chi connectivity index (χ3v) is 4.40. The van der Waals surface area contributed by atoms with E-state index in [0.717, 1.165) is 24.3 Å². The van der Waals surface area contributed by atoms with Crippen LogP contribution in [-0.2, 0) is 11.2 Å². The zero-order valence-electron chi connectivity index (χ0n) is 14.1. The lowest BCUT2D eigenvalue weighted by atomic mass is 10.0. The fourth-order valence-corrected chi connectivity index (χ4v) is 3.19. The molecule has 0 spiro atoms. The molecule has 0 aromatic carbocycles. The molecule has 0 saturated carbocycles. The van der Waals surface area contributed by atoms with E-state index in [-0.39, 0.29) is 18.4 Å². The molecule has 1 amide bonds. The Kier molecular flexibility index (Phi) is 5.59. The number of nitrogens with zero attached hydrogens (tertiary/aromatic N) is 3. The predicted octanol–water partition coefficient (Wildman–Crippen LogP) is 2.26. The molecule has 3 heterocycles. The van der Waals surface area contributed by atoms with E-state index in [1.54, 1.807) is 12.3 Å². The average Bonchev–Trinajstić information content (AvgIpc) is 3.02. The number of carbonyl (C=O) groups excluding carboxylic acids is 1. The van der Waals surface area contributed by atoms with Gasteiger partial charge < -0.3 is 9.84 Å². The van der Waals surface area contributed by atoms with E-state index in [0.29, 0.717) is 12.3 Å². The number of pyridine rings is 1. The molecule has 1 atom stereocenters. The Morgan fingerprint density at radius 3 is 2.88 bits per heavy atom. The zero-order chi connectivity index (χ0) is 16.8. The number of carbonyl (C=O) groups is 1. The van der Waals surface area contributed by atoms with Crippen LogP contribution in [0.1, 0.15) is 42.3 Å². The molecule has 2 aromatic rings. The number of hydrogen-bond donors (Lipinski definition) is 1. The maximum Gasteiger partial charge on any atom is 0.227 e. The van der Waals surface area contributed by atoms with Crippen LogP contribution in [0.3, 0.4) is 0 Å². The Morgan fingerprint density at radius 1 is 1.38 bits per heavy atom. The van der Waals surface area contributed by atoms with Crippen molar-refractivity contribution in [3.63, 3.8) is 0 Å². The summed E-state index contributed by atoms with van der Waals surface area (Å²) in [5.41, 5.74) is 1.94. The third-order valence-electron chi connectivity index (χ3n) is 4.40. The van der Waals surface area contributed by atoms with Crippen molar-refractivity contribution in [2.24, 2.45) is 0 Å². The predicted molar refractivity (Wildman–Crippen MR) is 90.4 cm³/mol. The van der Waals surface area contributed by atoms with Crippen molar-refractivity contribution in [2.45, 2.75) is 38.6 Å². The molecule has 6 nitrogen and oxygen atoms in total. The molecule has 0 radical (unpaired) electrons. The molecule has 1 N–H and O–H groups in total. The minimum atomic E-state index is -0.0444. The van der Waals surface area contributed by atoms with Gasteiger partial charge in [-0.1, -0.05) is 17.6 Å². The molecule has 1 fully saturated rings. The van der Waals surface area contributed by atoms with Gasteiger partial charge >= 0.3 is 0 Å². The summed E-state index contributed by atoms with van der Waals surface area (Å²) in [6.07, 6.45) is 7.60. The van der Waals surface area contributed by atoms with Gasteiger partial charge in [-0.25, -0.2) is 0 Å². The molecule has 1 saturated heterocycles. The van der Waals surface area contributed by atoms with Crippen LogP contribution in [0.2, 0.25) is 0 Å². The molecule has 1 aliphatic rings. The van der Waals surface area contributed by atoms with Crippen LogP contribution in [0.25, 0.3) is 0 Å². The summed E-state index contributed by atoms with van der Waals surface area (Å²) in [5, 5.41) is 6.85. The van der Waals surface area contributed by atoms with Crippen LogP contribution in [0.5, 0.6) is 0 Å². The number of rotatable bonds is 6. The molecule has 0 bridgehead atoms. The van der Waals surface area contributed by atoms with Crippen LogP contribution in [0.4, 0.5) is 0 Å². The lowest BCUT2D eigenvalue weighted by Crippen LogP contribution is -2.41. The summed E-state index contributed by atoms with van der Waals surface area (Å²) in [6.45, 7) is 4.56. The first-order valence-corrected chi connectivity index (χ1v) is 8.55. The Labute approximate surface area is 142 Å². The van der Waals surface area contributed by atoms with Crippen molar-refractivity contribution in [1.82, 2.24) is 20.4 Å². The molecule has 2 aromatic heterocycles. The number of aromatic nitrogens is 2. The Morgan fingerprint density at radius 2 is 2.21 bits per heavy atom. The first kappa shape index (κ1) is 16.6. The van der Waals surface area contributed by atoms with Gasteiger partial charge in [-0.2, -0.15) is 0 Å². The quantitative estimate of drug-likeness (QED) is 0.881. The number of piperidine rings is 1. The second-order valence-corrected chi connectivity index (χ2v) is 6.31. The molecular formula is C18H24N4O2. The molecule has 6 heteroatoms. The number of amides is 1. The van der Waals surface area contributed by atoms with Crippen LogP contribution in [0, 0.1) is 6.92 Å². The lowest BCUT2D eigenvalue weighted by Gasteiger charge is -2.34. The van der Waals surface area contributed by atoms with Gasteiger partial charge in [0.05, 0.1) is 18.2 Å². The van der Waals surface area contributed by atoms with Gasteiger partial charge in [0, 0.05) is 25.0 Å². The summed E-state index contributed by atoms with van der Waals surface area (Å²) in [5.74, 6) is 0.554. The summed E-state index contributed by atoms with van der Waals surface area (Å²) in [7, 11) is 0. The minimum absolute atomic E-state index is 0.0444. The standard InChI is InChI=1S/C18H24N4O2/c1-14-10-16(24-21-14)11-18(23)20-13-17(15-6-5-7-19-12-15)22-8-3-2-4-9-22/h5-7,10,12,17H,2-4,8-9,11,13H2,1H3,(H,20,23)/t17-/m0/s1. The first-order valence-electron chi connectivity index (χ1n) is 8.55. The number of aryl methyl sites for hydroxylation is 1. The van der Waals surface area contributed by atoms with Crippen molar-refractivity contribution in [1.29, 1.82) is 0 Å². The summed E-state index contributed by atoms with van der Waals surface area (Å²) >= 11 is 0. The highest BCUT2D eigenvalue weighted by Crippen LogP contribution is 2.23. The first-order chi connectivity index (χ1) is 11.7. The van der Waals surface area contributed by atoms with E-state index in [2.05, 4.69) is 26.4 Å². The lowest BCUT2D eigenvalue weighted by molar-refractivity contribution is -0.121. The molecule has 1 aliphatic heterocycles. The minimum Gasteiger partial charge on any atom is -0.361 e. The average molecular weight is 328 g/mol. The Bertz CT molecular complexity index is 650. The van der Waals surface area contributed by atoms with Gasteiger partial charge in [0.25, 0.3) is 0 Å². The van der Waals surface area contributed by atoms with E-state index < -0.39 is 0 Å². The summed E-state index contributed by atoms with van der Waals surface area (Å²) < 4.78 is 5.11. The van der Waals surface area contributed by atoms with Gasteiger partial charge in [0.15, 0.2) is 0 Å². The fourth-order valence-electron chi connectivity index (χ4n) is 3.19. The van der Waals surface area contributed by atoms with Gasteiger partial charge in [-0.3, -0.25) is 14.7 Å². The Balaban J connectivity index is 1.62. The van der Waals surface area contributed by atoms with Crippen LogP contribution >= 0.6 is 0 Å². The van der Waals surface area contributed by atoms with E-state index in [1.165, 1.54) is 19.3 Å². The van der Waals surface area contributed by atoms with E-state index in [9.17, 15) is 4.79 Å². The highest BCUT2D eigenvalue weighted by molar-refractivity contribution is 5.77. The highest BCUT2D eigenvalue weighted by atomic mass is 16.5. The van der Waals surface area contributed by atoms with Gasteiger partial charge in [-0.05, 0) is 44.5 Å². The van der Waals surface area contributed by atoms with Gasteiger partial charge in [0.1, 0.15) is 5.76 Å². The van der Waals surface area contributed by atoms with Crippen molar-refractivity contribution in [3.8, 4) is 0 Å². The van der Waals surface area contributed by atoms with Crippen molar-refractivity contribution < 1.29 is 9.32 Å². The number of nitrogens with one attached hydrogen (secondary N) is 1. The summed E-state index contributed by atoms with van der Waals surface area (Å²) in [4.78, 5) is 18.9. The van der Waals surface area contributed by atoms with E-state index >= 15 is 0 Å². The normalized spacial score (nSPS) is 16.7. The molecule has 0 aliphatic carbocycles. The molecule has 0 unspecified atom stereocenters. The van der Waals surface area contributed by atoms with E-state index in [1.807, 2.05) is 19.2 Å². The van der Waals surface area contributed by atoms with Gasteiger partial charge in [0.2, 0.25) is 5.91 Å². The zero-order valence-corrected chi connectivity index (χ0v) is 14.1. The SMILES string of the molecule is Cc1cc(CC(=O)NC[C@@H](c2cccnc2)N2CCCCC2)on1. The summed E-state index contributed by atoms with van der Waals surface area (Å²) in [6, 6.07) is 5.99. The highest BCUT2D eigenvalue weighted by Gasteiger charge is 2.23. The smallest absolute Gasteiger partial charge is 0.227 e. The van der Waals surface area contributed by atoms with Crippen molar-refractivity contribution in [3.05, 3.63) is 47.6 Å². The maximum absolute atomic E-state index is 12.2.